The van der Waals surface area contributed by atoms with Crippen LogP contribution in [-0.4, -0.2) is 30.6 Å². The van der Waals surface area contributed by atoms with Crippen LogP contribution in [-0.2, 0) is 0 Å². The van der Waals surface area contributed by atoms with E-state index in [2.05, 4.69) is 48.3 Å². The average molecular weight is 272 g/mol. The van der Waals surface area contributed by atoms with Crippen molar-refractivity contribution in [2.24, 2.45) is 0 Å². The minimum absolute atomic E-state index is 0.556. The highest BCUT2D eigenvalue weighted by atomic mass is 15.2. The van der Waals surface area contributed by atoms with Crippen molar-refractivity contribution in [1.82, 2.24) is 10.2 Å². The number of hydrogen-bond acceptors (Lipinski definition) is 2. The first-order valence-electron chi connectivity index (χ1n) is 8.31. The number of hydrogen-bond donors (Lipinski definition) is 1. The van der Waals surface area contributed by atoms with E-state index in [1.54, 1.807) is 11.1 Å². The maximum Gasteiger partial charge on any atom is 0.0326 e. The predicted molar refractivity (Wildman–Crippen MR) is 85.1 cm³/mol. The van der Waals surface area contributed by atoms with Crippen molar-refractivity contribution in [1.29, 1.82) is 0 Å². The van der Waals surface area contributed by atoms with Gasteiger partial charge in [-0.05, 0) is 62.7 Å². The molecule has 0 aromatic heterocycles. The molecule has 1 aliphatic heterocycles. The molecule has 1 aromatic rings. The van der Waals surface area contributed by atoms with Crippen molar-refractivity contribution in [3.63, 3.8) is 0 Å². The van der Waals surface area contributed by atoms with Crippen LogP contribution in [0.4, 0.5) is 0 Å². The lowest BCUT2D eigenvalue weighted by Crippen LogP contribution is -2.40. The fraction of sp³-hybridized carbons (Fsp3) is 0.667. The zero-order valence-electron chi connectivity index (χ0n) is 12.9. The molecule has 3 atom stereocenters. The van der Waals surface area contributed by atoms with E-state index in [1.165, 1.54) is 45.3 Å². The summed E-state index contributed by atoms with van der Waals surface area (Å²) in [4.78, 5) is 2.61. The van der Waals surface area contributed by atoms with Gasteiger partial charge in [-0.1, -0.05) is 31.2 Å². The highest BCUT2D eigenvalue weighted by molar-refractivity contribution is 5.35. The fourth-order valence-corrected chi connectivity index (χ4v) is 3.93. The molecule has 2 nitrogen and oxygen atoms in total. The van der Waals surface area contributed by atoms with E-state index in [0.29, 0.717) is 12.1 Å². The number of nitrogens with zero attached hydrogens (tertiary/aromatic N) is 1. The topological polar surface area (TPSA) is 15.3 Å². The van der Waals surface area contributed by atoms with Crippen molar-refractivity contribution < 1.29 is 0 Å². The minimum Gasteiger partial charge on any atom is -0.306 e. The second-order valence-corrected chi connectivity index (χ2v) is 6.74. The van der Waals surface area contributed by atoms with Crippen LogP contribution in [0.5, 0.6) is 0 Å². The van der Waals surface area contributed by atoms with E-state index in [0.717, 1.165) is 5.92 Å². The third-order valence-corrected chi connectivity index (χ3v) is 5.01. The predicted octanol–water partition coefficient (Wildman–Crippen LogP) is 3.70. The van der Waals surface area contributed by atoms with Gasteiger partial charge in [-0.25, -0.2) is 0 Å². The zero-order valence-corrected chi connectivity index (χ0v) is 12.9. The summed E-state index contributed by atoms with van der Waals surface area (Å²) in [7, 11) is 0. The van der Waals surface area contributed by atoms with Crippen LogP contribution in [0.1, 0.15) is 62.6 Å². The Morgan fingerprint density at radius 3 is 2.60 bits per heavy atom. The molecule has 0 radical (unpaired) electrons. The van der Waals surface area contributed by atoms with Crippen LogP contribution in [0.15, 0.2) is 24.3 Å². The van der Waals surface area contributed by atoms with Crippen LogP contribution in [0.25, 0.3) is 0 Å². The number of benzene rings is 1. The molecule has 0 bridgehead atoms. The van der Waals surface area contributed by atoms with E-state index in [4.69, 9.17) is 0 Å². The normalized spacial score (nSPS) is 28.3. The van der Waals surface area contributed by atoms with Crippen LogP contribution >= 0.6 is 0 Å². The summed E-state index contributed by atoms with van der Waals surface area (Å²) >= 11 is 0. The Bertz CT molecular complexity index is 437. The molecular weight excluding hydrogens is 244 g/mol. The molecule has 0 amide bonds. The molecule has 2 aliphatic rings. The molecule has 3 rings (SSSR count). The van der Waals surface area contributed by atoms with Crippen LogP contribution in [0, 0.1) is 0 Å². The van der Waals surface area contributed by atoms with Crippen LogP contribution in [0.2, 0.25) is 0 Å². The lowest BCUT2D eigenvalue weighted by Gasteiger charge is -2.33. The number of rotatable bonds is 4. The van der Waals surface area contributed by atoms with Crippen molar-refractivity contribution in [3.05, 3.63) is 35.4 Å². The van der Waals surface area contributed by atoms with Gasteiger partial charge < -0.3 is 10.2 Å². The van der Waals surface area contributed by atoms with Gasteiger partial charge in [0.15, 0.2) is 0 Å². The second-order valence-electron chi connectivity index (χ2n) is 6.74. The zero-order chi connectivity index (χ0) is 13.9. The van der Waals surface area contributed by atoms with E-state index < -0.39 is 0 Å². The summed E-state index contributed by atoms with van der Waals surface area (Å²) in [5.74, 6) is 0.720. The Balaban J connectivity index is 1.64. The van der Waals surface area contributed by atoms with Gasteiger partial charge in [0.05, 0.1) is 0 Å². The standard InChI is InChI=1S/C18H28N2/c1-14-9-10-18(17-8-4-3-7-16(14)17)19-15(2)13-20-11-5-6-12-20/h3-4,7-8,14-15,18-19H,5-6,9-13H2,1-2H3. The van der Waals surface area contributed by atoms with Crippen LogP contribution in [0.3, 0.4) is 0 Å². The summed E-state index contributed by atoms with van der Waals surface area (Å²) in [5, 5.41) is 3.88. The van der Waals surface area contributed by atoms with Gasteiger partial charge in [0.25, 0.3) is 0 Å². The lowest BCUT2D eigenvalue weighted by molar-refractivity contribution is 0.277. The summed E-state index contributed by atoms with van der Waals surface area (Å²) in [6.07, 6.45) is 5.36. The molecular formula is C18H28N2. The first kappa shape index (κ1) is 14.1. The molecule has 1 saturated heterocycles. The molecule has 110 valence electrons. The van der Waals surface area contributed by atoms with Gasteiger partial charge >= 0.3 is 0 Å². The Morgan fingerprint density at radius 2 is 1.85 bits per heavy atom. The maximum absolute atomic E-state index is 3.88. The molecule has 1 aliphatic carbocycles. The molecule has 0 saturated carbocycles. The second kappa shape index (κ2) is 6.28. The summed E-state index contributed by atoms with van der Waals surface area (Å²) in [6, 6.07) is 10.2. The highest BCUT2D eigenvalue weighted by Crippen LogP contribution is 2.37. The minimum atomic E-state index is 0.556. The third kappa shape index (κ3) is 3.07. The molecule has 3 unspecified atom stereocenters. The SMILES string of the molecule is CC(CN1CCCC1)NC1CCC(C)c2ccccc21. The maximum atomic E-state index is 3.88. The monoisotopic (exact) mass is 272 g/mol. The number of fused-ring (bicyclic) bond motifs is 1. The van der Waals surface area contributed by atoms with Crippen molar-refractivity contribution in [2.75, 3.05) is 19.6 Å². The largest absolute Gasteiger partial charge is 0.306 e. The van der Waals surface area contributed by atoms with Crippen molar-refractivity contribution >= 4 is 0 Å². The first-order chi connectivity index (χ1) is 9.74. The third-order valence-electron chi connectivity index (χ3n) is 5.01. The summed E-state index contributed by atoms with van der Waals surface area (Å²) < 4.78 is 0. The van der Waals surface area contributed by atoms with E-state index in [9.17, 15) is 0 Å². The van der Waals surface area contributed by atoms with Gasteiger partial charge in [0.2, 0.25) is 0 Å². The summed E-state index contributed by atoms with van der Waals surface area (Å²) in [5.41, 5.74) is 3.10. The molecule has 1 N–H and O–H groups in total. The van der Waals surface area contributed by atoms with E-state index >= 15 is 0 Å². The van der Waals surface area contributed by atoms with Gasteiger partial charge in [-0.3, -0.25) is 0 Å². The molecule has 0 spiro atoms. The summed E-state index contributed by atoms with van der Waals surface area (Å²) in [6.45, 7) is 8.50. The quantitative estimate of drug-likeness (QED) is 0.899. The van der Waals surface area contributed by atoms with Gasteiger partial charge in [-0.2, -0.15) is 0 Å². The van der Waals surface area contributed by atoms with Gasteiger partial charge in [-0.15, -0.1) is 0 Å². The molecule has 20 heavy (non-hydrogen) atoms. The average Bonchev–Trinajstić information content (AvgIpc) is 2.95. The first-order valence-corrected chi connectivity index (χ1v) is 8.31. The van der Waals surface area contributed by atoms with E-state index in [-0.39, 0.29) is 0 Å². The van der Waals surface area contributed by atoms with Crippen molar-refractivity contribution in [2.45, 2.75) is 57.5 Å². The number of likely N-dealkylation sites (tertiary alicyclic amines) is 1. The number of nitrogens with one attached hydrogen (secondary N) is 1. The van der Waals surface area contributed by atoms with Gasteiger partial charge in [0.1, 0.15) is 0 Å². The van der Waals surface area contributed by atoms with Gasteiger partial charge in [0, 0.05) is 18.6 Å². The smallest absolute Gasteiger partial charge is 0.0326 e. The Kier molecular flexibility index (Phi) is 4.42. The molecule has 1 fully saturated rings. The molecule has 1 heterocycles. The Hall–Kier alpha value is -0.860. The lowest BCUT2D eigenvalue weighted by atomic mass is 9.81. The van der Waals surface area contributed by atoms with Crippen LogP contribution < -0.4 is 5.32 Å². The molecule has 2 heteroatoms. The molecule has 1 aromatic carbocycles. The Morgan fingerprint density at radius 1 is 1.15 bits per heavy atom. The Labute approximate surface area is 123 Å². The highest BCUT2D eigenvalue weighted by Gasteiger charge is 2.25. The fourth-order valence-electron chi connectivity index (χ4n) is 3.93. The van der Waals surface area contributed by atoms with Crippen molar-refractivity contribution in [3.8, 4) is 0 Å². The van der Waals surface area contributed by atoms with E-state index in [1.807, 2.05) is 0 Å².